The van der Waals surface area contributed by atoms with E-state index in [0.29, 0.717) is 32.6 Å². The number of hydrazine groups is 1. The molecule has 3 aromatic carbocycles. The van der Waals surface area contributed by atoms with Crippen LogP contribution in [0.25, 0.3) is 38.9 Å². The number of nitrogens with zero attached hydrogens (tertiary/aromatic N) is 3. The summed E-state index contributed by atoms with van der Waals surface area (Å²) in [6.07, 6.45) is 6.26. The van der Waals surface area contributed by atoms with Crippen molar-refractivity contribution in [2.75, 3.05) is 40.1 Å². The third-order valence-electron chi connectivity index (χ3n) is 15.7. The zero-order valence-electron chi connectivity index (χ0n) is 42.2. The smallest absolute Gasteiger partial charge is 0.464 e. The molecule has 2 N–H and O–H groups in total. The first-order chi connectivity index (χ1) is 33.6. The van der Waals surface area contributed by atoms with Crippen LogP contribution in [0, 0.1) is 5.41 Å². The number of methoxy groups -OCH3 is 1. The van der Waals surface area contributed by atoms with Gasteiger partial charge in [0.15, 0.2) is 0 Å². The van der Waals surface area contributed by atoms with E-state index in [0.717, 1.165) is 69.4 Å². The van der Waals surface area contributed by atoms with Gasteiger partial charge in [-0.1, -0.05) is 80.6 Å². The van der Waals surface area contributed by atoms with Gasteiger partial charge in [-0.3, -0.25) is 20.1 Å². The van der Waals surface area contributed by atoms with Gasteiger partial charge in [0, 0.05) is 54.2 Å². The molecule has 2 unspecified atom stereocenters. The fourth-order valence-corrected chi connectivity index (χ4v) is 11.2. The minimum Gasteiger partial charge on any atom is -0.464 e. The van der Waals surface area contributed by atoms with Crippen molar-refractivity contribution in [2.24, 2.45) is 5.41 Å². The van der Waals surface area contributed by atoms with E-state index in [2.05, 4.69) is 143 Å². The van der Waals surface area contributed by atoms with Gasteiger partial charge in [-0.05, 0) is 124 Å². The summed E-state index contributed by atoms with van der Waals surface area (Å²) in [4.78, 5) is 34.7. The molecule has 0 spiro atoms. The van der Waals surface area contributed by atoms with Crippen molar-refractivity contribution < 1.29 is 37.8 Å². The van der Waals surface area contributed by atoms with Crippen LogP contribution < -0.4 is 16.3 Å². The molecule has 2 aromatic heterocycles. The normalized spacial score (nSPS) is 22.1. The summed E-state index contributed by atoms with van der Waals surface area (Å²) in [6.45, 7) is 19.6. The van der Waals surface area contributed by atoms with E-state index >= 15 is 0 Å². The van der Waals surface area contributed by atoms with E-state index < -0.39 is 23.7 Å². The second-order valence-corrected chi connectivity index (χ2v) is 21.6. The number of pyridine rings is 1. The van der Waals surface area contributed by atoms with Crippen LogP contribution in [0.4, 0.5) is 4.79 Å². The molecule has 0 radical (unpaired) electrons. The van der Waals surface area contributed by atoms with E-state index in [1.54, 1.807) is 7.11 Å². The van der Waals surface area contributed by atoms with Crippen LogP contribution in [0.3, 0.4) is 0 Å². The lowest BCUT2D eigenvalue weighted by molar-refractivity contribution is -0.150. The van der Waals surface area contributed by atoms with Crippen LogP contribution >= 0.6 is 0 Å². The number of morpholine rings is 1. The molecule has 14 heteroatoms. The monoisotopic (exact) mass is 950 g/mol. The molecule has 10 rings (SSSR count). The summed E-state index contributed by atoms with van der Waals surface area (Å²) in [6, 6.07) is 24.7. The first-order valence-electron chi connectivity index (χ1n) is 25.2. The summed E-state index contributed by atoms with van der Waals surface area (Å²) in [7, 11) is 1.17. The van der Waals surface area contributed by atoms with Gasteiger partial charge >= 0.3 is 19.2 Å². The minimum absolute atomic E-state index is 0.0308. The Balaban J connectivity index is 1.01. The molecule has 70 heavy (non-hydrogen) atoms. The quantitative estimate of drug-likeness (QED) is 0.0866. The Morgan fingerprint density at radius 1 is 0.943 bits per heavy atom. The molecule has 4 atom stereocenters. The molecule has 3 saturated heterocycles. The van der Waals surface area contributed by atoms with Gasteiger partial charge in [0.2, 0.25) is 0 Å². The Labute approximate surface area is 412 Å². The summed E-state index contributed by atoms with van der Waals surface area (Å²) >= 11 is 0. The van der Waals surface area contributed by atoms with Crippen LogP contribution in [0.5, 0.6) is 0 Å². The van der Waals surface area contributed by atoms with Crippen molar-refractivity contribution in [2.45, 2.75) is 129 Å². The predicted octanol–water partition coefficient (Wildman–Crippen LogP) is 8.90. The molecule has 5 aliphatic rings. The first-order valence-corrected chi connectivity index (χ1v) is 25.2. The van der Waals surface area contributed by atoms with Crippen LogP contribution in [0.2, 0.25) is 0 Å². The zero-order valence-corrected chi connectivity index (χ0v) is 42.2. The maximum Gasteiger partial charge on any atom is 0.494 e. The summed E-state index contributed by atoms with van der Waals surface area (Å²) in [5, 5.41) is 1.07. The number of fused-ring (bicyclic) bond motifs is 6. The fourth-order valence-electron chi connectivity index (χ4n) is 11.2. The molecule has 2 bridgehead atoms. The van der Waals surface area contributed by atoms with Gasteiger partial charge < -0.3 is 32.8 Å². The van der Waals surface area contributed by atoms with Crippen molar-refractivity contribution in [3.8, 4) is 22.4 Å². The van der Waals surface area contributed by atoms with E-state index in [1.165, 1.54) is 22.3 Å². The molecule has 5 aromatic rings. The number of aromatic nitrogens is 2. The van der Waals surface area contributed by atoms with E-state index in [1.807, 2.05) is 18.0 Å². The molecule has 1 amide bonds. The van der Waals surface area contributed by atoms with Crippen LogP contribution in [-0.4, -0.2) is 103 Å². The Morgan fingerprint density at radius 3 is 2.31 bits per heavy atom. The minimum atomic E-state index is -0.551. The topological polar surface area (TPSA) is 135 Å². The average Bonchev–Trinajstić information content (AvgIpc) is 3.93. The highest BCUT2D eigenvalue weighted by molar-refractivity contribution is 6.62. The van der Waals surface area contributed by atoms with Crippen molar-refractivity contribution >= 4 is 41.1 Å². The summed E-state index contributed by atoms with van der Waals surface area (Å²) in [5.74, 6) is -0.280. The number of hydrogen-bond acceptors (Lipinski definition) is 11. The van der Waals surface area contributed by atoms with Gasteiger partial charge in [-0.2, -0.15) is 0 Å². The van der Waals surface area contributed by atoms with Crippen molar-refractivity contribution in [1.82, 2.24) is 25.3 Å². The molecular weight excluding hydrogens is 881 g/mol. The van der Waals surface area contributed by atoms with Crippen LogP contribution in [0.15, 0.2) is 85.1 Å². The van der Waals surface area contributed by atoms with Crippen molar-refractivity contribution in [3.05, 3.63) is 113 Å². The Hall–Kier alpha value is -5.35. The predicted molar refractivity (Wildman–Crippen MR) is 272 cm³/mol. The number of benzene rings is 3. The summed E-state index contributed by atoms with van der Waals surface area (Å²) < 4.78 is 40.1. The van der Waals surface area contributed by atoms with E-state index in [4.69, 9.17) is 33.2 Å². The lowest BCUT2D eigenvalue weighted by Crippen LogP contribution is -2.56. The molecule has 1 aliphatic carbocycles. The van der Waals surface area contributed by atoms with Crippen molar-refractivity contribution in [1.29, 1.82) is 0 Å². The molecule has 4 aliphatic heterocycles. The van der Waals surface area contributed by atoms with Gasteiger partial charge in [0.25, 0.3) is 0 Å². The number of rotatable bonds is 13. The third kappa shape index (κ3) is 8.89. The first kappa shape index (κ1) is 48.3. The number of carbonyl (C=O) groups excluding carboxylic acids is 2. The lowest BCUT2D eigenvalue weighted by Gasteiger charge is -2.44. The van der Waals surface area contributed by atoms with Gasteiger partial charge in [0.05, 0.1) is 60.6 Å². The maximum absolute atomic E-state index is 14.2. The van der Waals surface area contributed by atoms with Gasteiger partial charge in [-0.15, -0.1) is 0 Å². The SMILES string of the molecule is CCn1c(-c2cc(C3=CC4COCC(C3)N4C(=O)OCC3c4ccccc4-c4ccccc43)cnc2[C@H](C)OC)c(CC(C)(C)COC(=O)[C@@H]2CCCNN2)c2cc(B3OC(C)(C)C(C)(C)O3)ccc21. The standard InChI is InChI=1S/C56H68BN5O8/c1-10-61-49-22-21-37(57-69-55(5,6)56(7,8)70-57)27-44(49)46(28-54(3,4)33-68-52(63)48-20-15-23-59-60-48)51(61)45-26-36(29-58-50(45)34(2)65-9)35-24-38-30-66-31-39(25-35)62(38)53(64)67-32-47-42-18-13-11-16-40(42)41-17-12-14-19-43(41)47/h11-14,16-19,21-22,24,26-27,29,34,38-39,47-48,59-60H,10,15,20,23,25,28,30-33H2,1-9H3/t34-,38?,39?,48-/m0/s1. The molecule has 0 saturated carbocycles. The highest BCUT2D eigenvalue weighted by Crippen LogP contribution is 2.46. The fraction of sp³-hybridized carbons (Fsp3) is 0.482. The van der Waals surface area contributed by atoms with Crippen LogP contribution in [-0.2, 0) is 46.0 Å². The average molecular weight is 950 g/mol. The number of aryl methyl sites for hydroxylation is 1. The van der Waals surface area contributed by atoms with E-state index in [9.17, 15) is 9.59 Å². The molecule has 3 fully saturated rings. The largest absolute Gasteiger partial charge is 0.494 e. The molecule has 13 nitrogen and oxygen atoms in total. The van der Waals surface area contributed by atoms with E-state index in [-0.39, 0.29) is 55.4 Å². The number of carbonyl (C=O) groups is 2. The number of amides is 1. The second-order valence-electron chi connectivity index (χ2n) is 21.6. The number of esters is 1. The van der Waals surface area contributed by atoms with Crippen molar-refractivity contribution in [3.63, 3.8) is 0 Å². The third-order valence-corrected chi connectivity index (χ3v) is 15.7. The van der Waals surface area contributed by atoms with Gasteiger partial charge in [0.1, 0.15) is 12.6 Å². The lowest BCUT2D eigenvalue weighted by atomic mass is 9.77. The zero-order chi connectivity index (χ0) is 49.1. The summed E-state index contributed by atoms with van der Waals surface area (Å²) in [5.41, 5.74) is 17.5. The Morgan fingerprint density at radius 2 is 1.66 bits per heavy atom. The highest BCUT2D eigenvalue weighted by atomic mass is 16.7. The molecular formula is C56H68BN5O8. The van der Waals surface area contributed by atoms with Crippen LogP contribution in [0.1, 0.15) is 115 Å². The number of hydrogen-bond donors (Lipinski definition) is 2. The molecule has 6 heterocycles. The Kier molecular flexibility index (Phi) is 13.1. The molecule has 368 valence electrons. The number of ether oxygens (including phenoxy) is 4. The second kappa shape index (κ2) is 19.0. The highest BCUT2D eigenvalue weighted by Gasteiger charge is 2.52. The van der Waals surface area contributed by atoms with Gasteiger partial charge in [-0.25, -0.2) is 10.2 Å². The Bertz CT molecular complexity index is 2770. The number of nitrogens with one attached hydrogen (secondary N) is 2. The maximum atomic E-state index is 14.2.